The molecule has 0 radical (unpaired) electrons. The average Bonchev–Trinajstić information content (AvgIpc) is 2.30. The first-order valence-electron chi connectivity index (χ1n) is 4.50. The lowest BCUT2D eigenvalue weighted by atomic mass is 9.96. The second-order valence-electron chi connectivity index (χ2n) is 4.26. The van der Waals surface area contributed by atoms with Crippen LogP contribution < -0.4 is 5.32 Å². The number of hydrogen-bond acceptors (Lipinski definition) is 3. The van der Waals surface area contributed by atoms with Gasteiger partial charge in [0.05, 0.1) is 6.54 Å². The normalized spacial score (nSPS) is 12.1. The zero-order valence-corrected chi connectivity index (χ0v) is 9.05. The van der Waals surface area contributed by atoms with E-state index in [1.165, 1.54) is 0 Å². The monoisotopic (exact) mass is 182 g/mol. The van der Waals surface area contributed by atoms with Crippen LogP contribution in [0.15, 0.2) is 0 Å². The lowest BCUT2D eigenvalue weighted by molar-refractivity contribution is 0.506. The molecule has 1 N–H and O–H groups in total. The van der Waals surface area contributed by atoms with Crippen molar-refractivity contribution in [1.82, 2.24) is 20.1 Å². The van der Waals surface area contributed by atoms with E-state index < -0.39 is 0 Å². The van der Waals surface area contributed by atoms with Gasteiger partial charge in [-0.3, -0.25) is 4.68 Å². The molecular formula is C9H18N4. The van der Waals surface area contributed by atoms with E-state index in [2.05, 4.69) is 36.2 Å². The van der Waals surface area contributed by atoms with Crippen molar-refractivity contribution in [2.24, 2.45) is 7.05 Å². The molecule has 0 aliphatic rings. The molecule has 4 nitrogen and oxygen atoms in total. The minimum atomic E-state index is 0.0632. The number of nitrogens with one attached hydrogen (secondary N) is 1. The highest BCUT2D eigenvalue weighted by Gasteiger charge is 2.20. The summed E-state index contributed by atoms with van der Waals surface area (Å²) in [6, 6.07) is 0. The van der Waals surface area contributed by atoms with Gasteiger partial charge in [-0.15, -0.1) is 0 Å². The van der Waals surface area contributed by atoms with E-state index in [1.54, 1.807) is 0 Å². The maximum atomic E-state index is 4.46. The Balaban J connectivity index is 2.96. The molecule has 0 atom stereocenters. The van der Waals surface area contributed by atoms with Gasteiger partial charge in [0.1, 0.15) is 5.82 Å². The summed E-state index contributed by atoms with van der Waals surface area (Å²) >= 11 is 0. The molecule has 0 spiro atoms. The fourth-order valence-electron chi connectivity index (χ4n) is 1.32. The van der Waals surface area contributed by atoms with Gasteiger partial charge in [0.2, 0.25) is 0 Å². The highest BCUT2D eigenvalue weighted by atomic mass is 15.3. The Kier molecular flexibility index (Phi) is 2.71. The third-order valence-electron chi connectivity index (χ3n) is 1.81. The van der Waals surface area contributed by atoms with Crippen LogP contribution in [0.3, 0.4) is 0 Å². The van der Waals surface area contributed by atoms with Gasteiger partial charge in [-0.25, -0.2) is 4.98 Å². The van der Waals surface area contributed by atoms with Crippen LogP contribution in [0.4, 0.5) is 0 Å². The summed E-state index contributed by atoms with van der Waals surface area (Å²) in [5.41, 5.74) is 0.0632. The fraction of sp³-hybridized carbons (Fsp3) is 0.778. The highest BCUT2D eigenvalue weighted by Crippen LogP contribution is 2.19. The summed E-state index contributed by atoms with van der Waals surface area (Å²) in [7, 11) is 3.83. The molecule has 0 bridgehead atoms. The van der Waals surface area contributed by atoms with Crippen LogP contribution in [0.1, 0.15) is 32.4 Å². The van der Waals surface area contributed by atoms with Gasteiger partial charge in [0.25, 0.3) is 0 Å². The van der Waals surface area contributed by atoms with Crippen LogP contribution >= 0.6 is 0 Å². The Morgan fingerprint density at radius 2 is 2.00 bits per heavy atom. The Morgan fingerprint density at radius 3 is 2.38 bits per heavy atom. The molecule has 1 aromatic heterocycles. The van der Waals surface area contributed by atoms with Gasteiger partial charge in [-0.2, -0.15) is 5.10 Å². The SMILES string of the molecule is CNCc1nc(C(C)(C)C)n(C)n1. The molecule has 0 aromatic carbocycles. The molecule has 1 aromatic rings. The van der Waals surface area contributed by atoms with Gasteiger partial charge >= 0.3 is 0 Å². The zero-order valence-electron chi connectivity index (χ0n) is 9.05. The maximum absolute atomic E-state index is 4.46. The van der Waals surface area contributed by atoms with Gasteiger partial charge in [-0.05, 0) is 7.05 Å². The molecule has 0 unspecified atom stereocenters. The van der Waals surface area contributed by atoms with Crippen LogP contribution in [0.2, 0.25) is 0 Å². The summed E-state index contributed by atoms with van der Waals surface area (Å²) < 4.78 is 1.85. The van der Waals surface area contributed by atoms with E-state index in [0.717, 1.165) is 18.2 Å². The van der Waals surface area contributed by atoms with Crippen molar-refractivity contribution < 1.29 is 0 Å². The largest absolute Gasteiger partial charge is 0.313 e. The van der Waals surface area contributed by atoms with Gasteiger partial charge in [0.15, 0.2) is 5.82 Å². The van der Waals surface area contributed by atoms with Crippen LogP contribution in [0.25, 0.3) is 0 Å². The molecular weight excluding hydrogens is 164 g/mol. The van der Waals surface area contributed by atoms with Gasteiger partial charge < -0.3 is 5.32 Å². The minimum absolute atomic E-state index is 0.0632. The Bertz CT molecular complexity index is 282. The second-order valence-corrected chi connectivity index (χ2v) is 4.26. The van der Waals surface area contributed by atoms with Crippen LogP contribution in [-0.4, -0.2) is 21.8 Å². The Morgan fingerprint density at radius 1 is 1.38 bits per heavy atom. The van der Waals surface area contributed by atoms with Crippen LogP contribution in [0.5, 0.6) is 0 Å². The minimum Gasteiger partial charge on any atom is -0.313 e. The van der Waals surface area contributed by atoms with Crippen molar-refractivity contribution in [3.63, 3.8) is 0 Å². The first-order chi connectivity index (χ1) is 5.95. The smallest absolute Gasteiger partial charge is 0.164 e. The number of aromatic nitrogens is 3. The third kappa shape index (κ3) is 2.28. The fourth-order valence-corrected chi connectivity index (χ4v) is 1.32. The second kappa shape index (κ2) is 3.46. The summed E-state index contributed by atoms with van der Waals surface area (Å²) in [5.74, 6) is 1.88. The number of aryl methyl sites for hydroxylation is 1. The molecule has 4 heteroatoms. The van der Waals surface area contributed by atoms with Crippen molar-refractivity contribution in [2.75, 3.05) is 7.05 Å². The maximum Gasteiger partial charge on any atom is 0.164 e. The molecule has 13 heavy (non-hydrogen) atoms. The van der Waals surface area contributed by atoms with Crippen molar-refractivity contribution in [3.05, 3.63) is 11.6 Å². The quantitative estimate of drug-likeness (QED) is 0.736. The van der Waals surface area contributed by atoms with Crippen molar-refractivity contribution in [3.8, 4) is 0 Å². The van der Waals surface area contributed by atoms with E-state index in [0.29, 0.717) is 0 Å². The predicted octanol–water partition coefficient (Wildman–Crippen LogP) is 0.832. The first-order valence-corrected chi connectivity index (χ1v) is 4.50. The van der Waals surface area contributed by atoms with E-state index in [1.807, 2.05) is 18.8 Å². The first kappa shape index (κ1) is 10.2. The number of hydrogen-bond donors (Lipinski definition) is 1. The molecule has 1 rings (SSSR count). The van der Waals surface area contributed by atoms with Crippen molar-refractivity contribution in [2.45, 2.75) is 32.7 Å². The zero-order chi connectivity index (χ0) is 10.1. The molecule has 0 saturated carbocycles. The average molecular weight is 182 g/mol. The lowest BCUT2D eigenvalue weighted by Crippen LogP contribution is -2.17. The van der Waals surface area contributed by atoms with E-state index in [4.69, 9.17) is 0 Å². The Labute approximate surface area is 79.4 Å². The summed E-state index contributed by atoms with van der Waals surface area (Å²) in [4.78, 5) is 4.46. The van der Waals surface area contributed by atoms with E-state index in [-0.39, 0.29) is 5.41 Å². The van der Waals surface area contributed by atoms with Crippen molar-refractivity contribution in [1.29, 1.82) is 0 Å². The van der Waals surface area contributed by atoms with Crippen LogP contribution in [0, 0.1) is 0 Å². The predicted molar refractivity (Wildman–Crippen MR) is 52.5 cm³/mol. The molecule has 1 heterocycles. The molecule has 0 saturated heterocycles. The Hall–Kier alpha value is -0.900. The topological polar surface area (TPSA) is 42.7 Å². The highest BCUT2D eigenvalue weighted by molar-refractivity contribution is 5.03. The van der Waals surface area contributed by atoms with E-state index >= 15 is 0 Å². The molecule has 0 aliphatic heterocycles. The lowest BCUT2D eigenvalue weighted by Gasteiger charge is -2.15. The van der Waals surface area contributed by atoms with E-state index in [9.17, 15) is 0 Å². The van der Waals surface area contributed by atoms with Crippen LogP contribution in [-0.2, 0) is 19.0 Å². The van der Waals surface area contributed by atoms with Gasteiger partial charge in [0, 0.05) is 12.5 Å². The molecule has 0 fully saturated rings. The number of nitrogens with zero attached hydrogens (tertiary/aromatic N) is 3. The third-order valence-corrected chi connectivity index (χ3v) is 1.81. The molecule has 0 amide bonds. The van der Waals surface area contributed by atoms with Gasteiger partial charge in [-0.1, -0.05) is 20.8 Å². The van der Waals surface area contributed by atoms with Crippen molar-refractivity contribution >= 4 is 0 Å². The molecule has 74 valence electrons. The molecule has 0 aliphatic carbocycles. The standard InChI is InChI=1S/C9H18N4/c1-9(2,3)8-11-7(6-10-4)12-13(8)5/h10H,6H2,1-5H3. The summed E-state index contributed by atoms with van der Waals surface area (Å²) in [6.07, 6.45) is 0. The number of rotatable bonds is 2. The summed E-state index contributed by atoms with van der Waals surface area (Å²) in [5, 5.41) is 7.35. The summed E-state index contributed by atoms with van der Waals surface area (Å²) in [6.45, 7) is 7.14.